The largest absolute Gasteiger partial charge is 0.348 e. The smallest absolute Gasteiger partial charge is 0.227 e. The van der Waals surface area contributed by atoms with E-state index in [2.05, 4.69) is 52.6 Å². The summed E-state index contributed by atoms with van der Waals surface area (Å²) in [6.45, 7) is 7.47. The van der Waals surface area contributed by atoms with Gasteiger partial charge in [0.25, 0.3) is 0 Å². The average molecular weight is 262 g/mol. The maximum atomic E-state index is 3.97. The van der Waals surface area contributed by atoms with E-state index >= 15 is 0 Å². The maximum absolute atomic E-state index is 3.97. The standard InChI is InChI=1S/C13H18N4S/c1-9-5-6-12(11(3)10(9)2)7-8-17(4)13-14-15-16-18-13/h5-6H,7-8H2,1-4H3. The number of benzene rings is 1. The van der Waals surface area contributed by atoms with Crippen LogP contribution < -0.4 is 4.90 Å². The van der Waals surface area contributed by atoms with Crippen LogP contribution in [0.2, 0.25) is 0 Å². The third-order valence-corrected chi connectivity index (χ3v) is 4.21. The molecule has 0 fully saturated rings. The molecule has 0 amide bonds. The summed E-state index contributed by atoms with van der Waals surface area (Å²) in [4.78, 5) is 2.10. The molecule has 1 heterocycles. The van der Waals surface area contributed by atoms with Crippen molar-refractivity contribution >= 4 is 16.7 Å². The molecule has 0 radical (unpaired) electrons. The molecule has 0 atom stereocenters. The molecule has 2 rings (SSSR count). The molecule has 0 N–H and O–H groups in total. The fourth-order valence-electron chi connectivity index (χ4n) is 1.94. The lowest BCUT2D eigenvalue weighted by Crippen LogP contribution is -2.20. The predicted molar refractivity (Wildman–Crippen MR) is 75.3 cm³/mol. The Morgan fingerprint density at radius 2 is 1.94 bits per heavy atom. The third kappa shape index (κ3) is 2.67. The van der Waals surface area contributed by atoms with Gasteiger partial charge in [-0.25, -0.2) is 0 Å². The zero-order chi connectivity index (χ0) is 13.1. The van der Waals surface area contributed by atoms with Crippen LogP contribution in [0.15, 0.2) is 12.1 Å². The first-order valence-electron chi connectivity index (χ1n) is 6.01. The minimum Gasteiger partial charge on any atom is -0.348 e. The minimum absolute atomic E-state index is 0.872. The van der Waals surface area contributed by atoms with E-state index in [9.17, 15) is 0 Å². The van der Waals surface area contributed by atoms with Crippen LogP contribution in [0.4, 0.5) is 5.13 Å². The summed E-state index contributed by atoms with van der Waals surface area (Å²) in [5, 5.41) is 8.46. The second-order valence-corrected chi connectivity index (χ2v) is 5.32. The molecule has 0 aliphatic carbocycles. The lowest BCUT2D eigenvalue weighted by Gasteiger charge is -2.16. The molecule has 0 aliphatic heterocycles. The van der Waals surface area contributed by atoms with E-state index in [0.717, 1.165) is 18.1 Å². The van der Waals surface area contributed by atoms with Gasteiger partial charge in [-0.3, -0.25) is 0 Å². The molecular formula is C13H18N4S. The lowest BCUT2D eigenvalue weighted by atomic mass is 9.97. The summed E-state index contributed by atoms with van der Waals surface area (Å²) in [6.07, 6.45) is 1.02. The molecule has 0 spiro atoms. The first kappa shape index (κ1) is 13.0. The van der Waals surface area contributed by atoms with Gasteiger partial charge in [0.05, 0.1) is 0 Å². The van der Waals surface area contributed by atoms with Gasteiger partial charge in [0, 0.05) is 25.1 Å². The highest BCUT2D eigenvalue weighted by Gasteiger charge is 2.08. The monoisotopic (exact) mass is 262 g/mol. The molecule has 4 nitrogen and oxygen atoms in total. The van der Waals surface area contributed by atoms with Crippen molar-refractivity contribution in [3.05, 3.63) is 34.4 Å². The molecule has 5 heteroatoms. The van der Waals surface area contributed by atoms with E-state index < -0.39 is 0 Å². The molecule has 0 unspecified atom stereocenters. The van der Waals surface area contributed by atoms with Crippen LogP contribution in [0.5, 0.6) is 0 Å². The third-order valence-electron chi connectivity index (χ3n) is 3.50. The number of hydrogen-bond acceptors (Lipinski definition) is 5. The Hall–Kier alpha value is -1.49. The molecule has 0 bridgehead atoms. The Bertz CT molecular complexity index is 522. The van der Waals surface area contributed by atoms with Crippen LogP contribution in [-0.4, -0.2) is 28.4 Å². The Kier molecular flexibility index (Phi) is 3.91. The predicted octanol–water partition coefficient (Wildman–Crippen LogP) is 2.54. The SMILES string of the molecule is Cc1ccc(CCN(C)c2nnns2)c(C)c1C. The van der Waals surface area contributed by atoms with Gasteiger partial charge in [-0.05, 0) is 54.7 Å². The summed E-state index contributed by atoms with van der Waals surface area (Å²) >= 11 is 1.33. The van der Waals surface area contributed by atoms with Gasteiger partial charge in [0.15, 0.2) is 0 Å². The van der Waals surface area contributed by atoms with Crippen molar-refractivity contribution < 1.29 is 0 Å². The lowest BCUT2D eigenvalue weighted by molar-refractivity contribution is 0.843. The van der Waals surface area contributed by atoms with E-state index in [1.165, 1.54) is 33.8 Å². The van der Waals surface area contributed by atoms with Gasteiger partial charge in [-0.15, -0.1) is 0 Å². The molecule has 96 valence electrons. The molecule has 1 aromatic heterocycles. The molecule has 0 saturated heterocycles. The highest BCUT2D eigenvalue weighted by molar-refractivity contribution is 7.09. The summed E-state index contributed by atoms with van der Waals surface area (Å²) in [7, 11) is 2.03. The molecule has 18 heavy (non-hydrogen) atoms. The van der Waals surface area contributed by atoms with E-state index in [1.807, 2.05) is 7.05 Å². The van der Waals surface area contributed by atoms with Crippen LogP contribution >= 0.6 is 11.5 Å². The van der Waals surface area contributed by atoms with E-state index in [4.69, 9.17) is 0 Å². The maximum Gasteiger partial charge on any atom is 0.227 e. The topological polar surface area (TPSA) is 41.9 Å². The van der Waals surface area contributed by atoms with Crippen molar-refractivity contribution in [3.63, 3.8) is 0 Å². The van der Waals surface area contributed by atoms with E-state index in [0.29, 0.717) is 0 Å². The second-order valence-electron chi connectivity index (χ2n) is 4.61. The van der Waals surface area contributed by atoms with Crippen LogP contribution in [0.25, 0.3) is 0 Å². The number of anilines is 1. The van der Waals surface area contributed by atoms with Crippen molar-refractivity contribution in [2.45, 2.75) is 27.2 Å². The number of hydrogen-bond donors (Lipinski definition) is 0. The highest BCUT2D eigenvalue weighted by atomic mass is 32.1. The quantitative estimate of drug-likeness (QED) is 0.849. The molecule has 0 saturated carbocycles. The number of likely N-dealkylation sites (N-methyl/N-ethyl adjacent to an activating group) is 1. The van der Waals surface area contributed by atoms with Crippen molar-refractivity contribution in [1.29, 1.82) is 0 Å². The molecule has 2 aromatic rings. The number of aryl methyl sites for hydroxylation is 1. The van der Waals surface area contributed by atoms with Gasteiger partial charge in [-0.1, -0.05) is 21.7 Å². The number of aromatic nitrogens is 3. The average Bonchev–Trinajstić information content (AvgIpc) is 2.89. The van der Waals surface area contributed by atoms with Gasteiger partial charge >= 0.3 is 0 Å². The van der Waals surface area contributed by atoms with Crippen molar-refractivity contribution in [1.82, 2.24) is 14.8 Å². The Labute approximate surface area is 112 Å². The van der Waals surface area contributed by atoms with Gasteiger partial charge < -0.3 is 4.90 Å². The number of nitrogens with zero attached hydrogens (tertiary/aromatic N) is 4. The first-order chi connectivity index (χ1) is 8.59. The van der Waals surface area contributed by atoms with Gasteiger partial charge in [0.1, 0.15) is 0 Å². The zero-order valence-corrected chi connectivity index (χ0v) is 12.1. The van der Waals surface area contributed by atoms with Crippen molar-refractivity contribution in [3.8, 4) is 0 Å². The zero-order valence-electron chi connectivity index (χ0n) is 11.3. The first-order valence-corrected chi connectivity index (χ1v) is 6.78. The van der Waals surface area contributed by atoms with Crippen LogP contribution in [0, 0.1) is 20.8 Å². The van der Waals surface area contributed by atoms with Crippen LogP contribution in [0.3, 0.4) is 0 Å². The van der Waals surface area contributed by atoms with E-state index in [1.54, 1.807) is 0 Å². The molecule has 1 aromatic carbocycles. The van der Waals surface area contributed by atoms with Crippen molar-refractivity contribution in [2.75, 3.05) is 18.5 Å². The van der Waals surface area contributed by atoms with Gasteiger partial charge in [-0.2, -0.15) is 0 Å². The number of rotatable bonds is 4. The van der Waals surface area contributed by atoms with Gasteiger partial charge in [0.2, 0.25) is 5.13 Å². The fourth-order valence-corrected chi connectivity index (χ4v) is 2.39. The van der Waals surface area contributed by atoms with Crippen molar-refractivity contribution in [2.24, 2.45) is 0 Å². The summed E-state index contributed by atoms with van der Waals surface area (Å²) in [6, 6.07) is 4.42. The molecular weight excluding hydrogens is 244 g/mol. The summed E-state index contributed by atoms with van der Waals surface area (Å²) in [5.41, 5.74) is 5.56. The Balaban J connectivity index is 2.05. The van der Waals surface area contributed by atoms with Crippen LogP contribution in [-0.2, 0) is 6.42 Å². The second kappa shape index (κ2) is 5.44. The Morgan fingerprint density at radius 1 is 1.17 bits per heavy atom. The summed E-state index contributed by atoms with van der Waals surface area (Å²) < 4.78 is 3.78. The molecule has 0 aliphatic rings. The summed E-state index contributed by atoms with van der Waals surface area (Å²) in [5.74, 6) is 0. The Morgan fingerprint density at radius 3 is 2.61 bits per heavy atom. The minimum atomic E-state index is 0.872. The van der Waals surface area contributed by atoms with E-state index in [-0.39, 0.29) is 0 Å². The fraction of sp³-hybridized carbons (Fsp3) is 0.462. The normalized spacial score (nSPS) is 10.7. The van der Waals surface area contributed by atoms with Crippen LogP contribution in [0.1, 0.15) is 22.3 Å². The highest BCUT2D eigenvalue weighted by Crippen LogP contribution is 2.19.